The van der Waals surface area contributed by atoms with Gasteiger partial charge in [-0.2, -0.15) is 0 Å². The molecule has 1 rings (SSSR count). The molecule has 0 saturated carbocycles. The van der Waals surface area contributed by atoms with Gasteiger partial charge in [0.1, 0.15) is 5.54 Å². The molecule has 1 aromatic rings. The molecule has 5 nitrogen and oxygen atoms in total. The molecular formula is C15H21NO4. The number of rotatable bonds is 6. The summed E-state index contributed by atoms with van der Waals surface area (Å²) in [6, 6.07) is 5.87. The molecule has 0 spiro atoms. The normalized spacial score (nSPS) is 11.8. The fraction of sp³-hybridized carbons (Fsp3) is 0.400. The summed E-state index contributed by atoms with van der Waals surface area (Å²) in [6.45, 7) is 2.32. The molecule has 0 atom stereocenters. The first kappa shape index (κ1) is 16.4. The summed E-state index contributed by atoms with van der Waals surface area (Å²) in [7, 11) is 0. The zero-order chi connectivity index (χ0) is 15.2. The second-order valence-corrected chi connectivity index (χ2v) is 4.94. The van der Waals surface area contributed by atoms with Gasteiger partial charge in [-0.05, 0) is 31.1 Å². The minimum atomic E-state index is -1.40. The van der Waals surface area contributed by atoms with Gasteiger partial charge in [-0.3, -0.25) is 4.79 Å². The van der Waals surface area contributed by atoms with E-state index in [0.717, 1.165) is 16.7 Å². The van der Waals surface area contributed by atoms with E-state index in [4.69, 9.17) is 15.3 Å². The summed E-state index contributed by atoms with van der Waals surface area (Å²) >= 11 is 0. The number of aliphatic hydroxyl groups excluding tert-OH is 3. The highest BCUT2D eigenvalue weighted by atomic mass is 16.3. The Balaban J connectivity index is 2.77. The highest BCUT2D eigenvalue weighted by Gasteiger charge is 2.29. The Kier molecular flexibility index (Phi) is 5.88. The predicted octanol–water partition coefficient (Wildman–Crippen LogP) is 0.149. The van der Waals surface area contributed by atoms with Crippen LogP contribution in [0.4, 0.5) is 0 Å². The molecule has 5 heteroatoms. The standard InChI is InChI=1S/C15H21NO4/c1-11-3-4-13(12(2)7-11)5-6-14(20)16-15(8-17,9-18)10-19/h3-7,17-19H,8-10H2,1-2H3,(H,16,20)/b6-5+. The van der Waals surface area contributed by atoms with Crippen molar-refractivity contribution in [2.24, 2.45) is 0 Å². The summed E-state index contributed by atoms with van der Waals surface area (Å²) < 4.78 is 0. The number of carbonyl (C=O) groups is 1. The summed E-state index contributed by atoms with van der Waals surface area (Å²) in [5.41, 5.74) is 1.70. The molecule has 0 aliphatic rings. The molecule has 110 valence electrons. The van der Waals surface area contributed by atoms with Crippen LogP contribution in [-0.4, -0.2) is 46.6 Å². The van der Waals surface area contributed by atoms with Crippen molar-refractivity contribution in [2.45, 2.75) is 19.4 Å². The first-order valence-corrected chi connectivity index (χ1v) is 6.36. The summed E-state index contributed by atoms with van der Waals surface area (Å²) in [4.78, 5) is 11.8. The SMILES string of the molecule is Cc1ccc(/C=C/C(=O)NC(CO)(CO)CO)c(C)c1. The topological polar surface area (TPSA) is 89.8 Å². The van der Waals surface area contributed by atoms with Crippen molar-refractivity contribution in [3.05, 3.63) is 41.0 Å². The van der Waals surface area contributed by atoms with Gasteiger partial charge in [0.25, 0.3) is 0 Å². The first-order chi connectivity index (χ1) is 9.46. The lowest BCUT2D eigenvalue weighted by atomic mass is 10.0. The Morgan fingerprint density at radius 2 is 1.80 bits per heavy atom. The van der Waals surface area contributed by atoms with Gasteiger partial charge in [0, 0.05) is 6.08 Å². The molecule has 0 radical (unpaired) electrons. The van der Waals surface area contributed by atoms with E-state index < -0.39 is 31.3 Å². The van der Waals surface area contributed by atoms with Crippen molar-refractivity contribution in [1.82, 2.24) is 5.32 Å². The van der Waals surface area contributed by atoms with Crippen molar-refractivity contribution in [2.75, 3.05) is 19.8 Å². The van der Waals surface area contributed by atoms with E-state index in [0.29, 0.717) is 0 Å². The number of aryl methyl sites for hydroxylation is 2. The third kappa shape index (κ3) is 4.16. The monoisotopic (exact) mass is 279 g/mol. The largest absolute Gasteiger partial charge is 0.394 e. The number of benzene rings is 1. The van der Waals surface area contributed by atoms with Crippen LogP contribution in [0, 0.1) is 13.8 Å². The number of hydrogen-bond donors (Lipinski definition) is 4. The van der Waals surface area contributed by atoms with Crippen LogP contribution in [0.2, 0.25) is 0 Å². The number of amides is 1. The number of hydrogen-bond acceptors (Lipinski definition) is 4. The van der Waals surface area contributed by atoms with Crippen molar-refractivity contribution in [1.29, 1.82) is 0 Å². The molecule has 0 aliphatic carbocycles. The molecule has 20 heavy (non-hydrogen) atoms. The second kappa shape index (κ2) is 7.19. The smallest absolute Gasteiger partial charge is 0.244 e. The molecule has 0 bridgehead atoms. The van der Waals surface area contributed by atoms with E-state index in [9.17, 15) is 4.79 Å². The maximum absolute atomic E-state index is 11.8. The maximum atomic E-state index is 11.8. The van der Waals surface area contributed by atoms with Crippen LogP contribution in [0.5, 0.6) is 0 Å². The predicted molar refractivity (Wildman–Crippen MR) is 77.1 cm³/mol. The van der Waals surface area contributed by atoms with E-state index in [1.165, 1.54) is 6.08 Å². The van der Waals surface area contributed by atoms with Crippen molar-refractivity contribution >= 4 is 12.0 Å². The third-order valence-electron chi connectivity index (χ3n) is 3.14. The van der Waals surface area contributed by atoms with Crippen molar-refractivity contribution in [3.8, 4) is 0 Å². The summed E-state index contributed by atoms with van der Waals surface area (Å²) in [5, 5.41) is 29.8. The summed E-state index contributed by atoms with van der Waals surface area (Å²) in [5.74, 6) is -0.484. The van der Waals surface area contributed by atoms with E-state index in [2.05, 4.69) is 5.32 Å². The van der Waals surface area contributed by atoms with E-state index in [1.54, 1.807) is 6.08 Å². The number of nitrogens with one attached hydrogen (secondary N) is 1. The van der Waals surface area contributed by atoms with Gasteiger partial charge in [-0.15, -0.1) is 0 Å². The molecule has 0 saturated heterocycles. The van der Waals surface area contributed by atoms with Crippen molar-refractivity contribution in [3.63, 3.8) is 0 Å². The van der Waals surface area contributed by atoms with Crippen LogP contribution >= 0.6 is 0 Å². The Morgan fingerprint density at radius 3 is 2.30 bits per heavy atom. The Morgan fingerprint density at radius 1 is 1.20 bits per heavy atom. The average molecular weight is 279 g/mol. The molecule has 1 amide bonds. The molecule has 0 heterocycles. The van der Waals surface area contributed by atoms with Gasteiger partial charge in [0.15, 0.2) is 0 Å². The van der Waals surface area contributed by atoms with Gasteiger partial charge in [0.05, 0.1) is 19.8 Å². The fourth-order valence-corrected chi connectivity index (χ4v) is 1.75. The van der Waals surface area contributed by atoms with Gasteiger partial charge in [-0.25, -0.2) is 0 Å². The average Bonchev–Trinajstić information content (AvgIpc) is 2.44. The van der Waals surface area contributed by atoms with Gasteiger partial charge < -0.3 is 20.6 Å². The van der Waals surface area contributed by atoms with Gasteiger partial charge >= 0.3 is 0 Å². The molecule has 0 aromatic heterocycles. The third-order valence-corrected chi connectivity index (χ3v) is 3.14. The zero-order valence-electron chi connectivity index (χ0n) is 11.8. The Labute approximate surface area is 118 Å². The van der Waals surface area contributed by atoms with Gasteiger partial charge in [-0.1, -0.05) is 23.8 Å². The van der Waals surface area contributed by atoms with E-state index >= 15 is 0 Å². The first-order valence-electron chi connectivity index (χ1n) is 6.36. The summed E-state index contributed by atoms with van der Waals surface area (Å²) in [6.07, 6.45) is 2.97. The second-order valence-electron chi connectivity index (χ2n) is 4.94. The van der Waals surface area contributed by atoms with Crippen LogP contribution < -0.4 is 5.32 Å². The van der Waals surface area contributed by atoms with Gasteiger partial charge in [0.2, 0.25) is 5.91 Å². The molecule has 0 aliphatic heterocycles. The molecule has 0 fully saturated rings. The molecular weight excluding hydrogens is 258 g/mol. The zero-order valence-corrected chi connectivity index (χ0v) is 11.8. The lowest BCUT2D eigenvalue weighted by molar-refractivity contribution is -0.120. The van der Waals surface area contributed by atoms with Crippen LogP contribution in [0.25, 0.3) is 6.08 Å². The van der Waals surface area contributed by atoms with Crippen LogP contribution in [0.15, 0.2) is 24.3 Å². The molecule has 0 unspecified atom stereocenters. The Bertz CT molecular complexity index is 484. The van der Waals surface area contributed by atoms with Crippen LogP contribution in [0.1, 0.15) is 16.7 Å². The number of aliphatic hydroxyl groups is 3. The number of carbonyl (C=O) groups excluding carboxylic acids is 1. The minimum absolute atomic E-state index is 0.484. The molecule has 1 aromatic carbocycles. The minimum Gasteiger partial charge on any atom is -0.394 e. The fourth-order valence-electron chi connectivity index (χ4n) is 1.75. The highest BCUT2D eigenvalue weighted by molar-refractivity contribution is 5.92. The van der Waals surface area contributed by atoms with Crippen LogP contribution in [-0.2, 0) is 4.79 Å². The van der Waals surface area contributed by atoms with E-state index in [1.807, 2.05) is 32.0 Å². The lowest BCUT2D eigenvalue weighted by Gasteiger charge is -2.27. The molecule has 4 N–H and O–H groups in total. The lowest BCUT2D eigenvalue weighted by Crippen LogP contribution is -2.56. The van der Waals surface area contributed by atoms with Crippen LogP contribution in [0.3, 0.4) is 0 Å². The highest BCUT2D eigenvalue weighted by Crippen LogP contribution is 2.12. The quantitative estimate of drug-likeness (QED) is 0.558. The maximum Gasteiger partial charge on any atom is 0.244 e. The van der Waals surface area contributed by atoms with Crippen molar-refractivity contribution < 1.29 is 20.1 Å². The Hall–Kier alpha value is -1.69. The van der Waals surface area contributed by atoms with E-state index in [-0.39, 0.29) is 0 Å².